The van der Waals surface area contributed by atoms with E-state index in [1.165, 1.54) is 0 Å². The molecule has 0 spiro atoms. The molecule has 220 valence electrons. The van der Waals surface area contributed by atoms with E-state index in [1.54, 1.807) is 0 Å². The minimum Gasteiger partial charge on any atom is -0.366 e. The Morgan fingerprint density at radius 1 is 0.500 bits per heavy atom. The SMILES string of the molecule is C=CC(N)=O.[AlH3].c1ccc2c(c1)-c1nc-2nc2[nH]c(nc3nc(nc4[nH]c(n1)c1ccccc41)-c1ccccc1-3)c1ccccc21. The molecule has 0 saturated carbocycles. The average Bonchev–Trinajstić information content (AvgIpc) is 3.81. The van der Waals surface area contributed by atoms with Gasteiger partial charge in [0.2, 0.25) is 5.91 Å². The highest BCUT2D eigenvalue weighted by molar-refractivity contribution is 6.06. The van der Waals surface area contributed by atoms with Crippen LogP contribution in [0.1, 0.15) is 0 Å². The van der Waals surface area contributed by atoms with Crippen molar-refractivity contribution in [1.29, 1.82) is 0 Å². The van der Waals surface area contributed by atoms with Gasteiger partial charge < -0.3 is 15.7 Å². The summed E-state index contributed by atoms with van der Waals surface area (Å²) in [4.78, 5) is 46.2. The molecule has 4 aromatic carbocycles. The van der Waals surface area contributed by atoms with Gasteiger partial charge in [-0.1, -0.05) is 104 Å². The quantitative estimate of drug-likeness (QED) is 0.166. The number of rotatable bonds is 1. The van der Waals surface area contributed by atoms with Crippen LogP contribution in [0, 0.1) is 0 Å². The molecule has 7 aromatic rings. The van der Waals surface area contributed by atoms with Crippen LogP contribution < -0.4 is 5.73 Å². The van der Waals surface area contributed by atoms with Crippen LogP contribution in [0.2, 0.25) is 0 Å². The molecule has 11 heteroatoms. The van der Waals surface area contributed by atoms with Gasteiger partial charge in [-0.05, 0) is 6.08 Å². The van der Waals surface area contributed by atoms with Crippen LogP contribution in [0.25, 0.3) is 89.7 Å². The molecule has 46 heavy (non-hydrogen) atoms. The van der Waals surface area contributed by atoms with E-state index in [4.69, 9.17) is 29.9 Å². The topological polar surface area (TPSA) is 152 Å². The highest BCUT2D eigenvalue weighted by Crippen LogP contribution is 2.36. The van der Waals surface area contributed by atoms with Gasteiger partial charge in [0.05, 0.1) is 0 Å². The molecule has 4 N–H and O–H groups in total. The fourth-order valence-electron chi connectivity index (χ4n) is 5.59. The van der Waals surface area contributed by atoms with Crippen LogP contribution in [-0.4, -0.2) is 63.1 Å². The number of nitrogens with one attached hydrogen (secondary N) is 2. The highest BCUT2D eigenvalue weighted by Gasteiger charge is 2.21. The fourth-order valence-corrected chi connectivity index (χ4v) is 5.59. The standard InChI is InChI=1S/C32H18N8.C3H5NO.Al.3H/c1-2-10-18-17(9-1)25-33-26(18)38-28-21-13-5-6-14-22(21)30(35-28)40-32-24-16-8-7-15-23(24)31(36-32)39-29-20-12-4-3-11-19(20)27(34-29)37-25;1-2-3(4)5;;;;/h1-16H,(H2,33,34,35,36,37,38,39,40);2H,1H2,(H2,4,5);;;;. The number of carbonyl (C=O) groups is 1. The van der Waals surface area contributed by atoms with Gasteiger partial charge in [0.15, 0.2) is 40.7 Å². The minimum absolute atomic E-state index is 0. The van der Waals surface area contributed by atoms with Gasteiger partial charge >= 0.3 is 0 Å². The molecule has 8 bridgehead atoms. The molecule has 0 aliphatic carbocycles. The Morgan fingerprint density at radius 2 is 0.739 bits per heavy atom. The number of fused-ring (bicyclic) bond motifs is 20. The number of benzene rings is 4. The van der Waals surface area contributed by atoms with Crippen LogP contribution in [0.4, 0.5) is 0 Å². The van der Waals surface area contributed by atoms with E-state index in [-0.39, 0.29) is 17.4 Å². The fraction of sp³-hybridized carbons (Fsp3) is 0. The predicted octanol–water partition coefficient (Wildman–Crippen LogP) is 5.34. The number of hydrogen-bond donors (Lipinski definition) is 3. The summed E-state index contributed by atoms with van der Waals surface area (Å²) in [7, 11) is 0. The Kier molecular flexibility index (Phi) is 7.17. The summed E-state index contributed by atoms with van der Waals surface area (Å²) < 4.78 is 0. The number of nitrogens with zero attached hydrogens (tertiary/aromatic N) is 6. The number of carbonyl (C=O) groups excluding carboxylic acids is 1. The molecular weight excluding hydrogens is 589 g/mol. The van der Waals surface area contributed by atoms with Crippen molar-refractivity contribution < 1.29 is 4.79 Å². The van der Waals surface area contributed by atoms with Gasteiger partial charge in [0, 0.05) is 43.8 Å². The second-order valence-corrected chi connectivity index (χ2v) is 10.4. The van der Waals surface area contributed by atoms with Crippen LogP contribution in [0.5, 0.6) is 0 Å². The van der Waals surface area contributed by atoms with Crippen molar-refractivity contribution in [2.75, 3.05) is 0 Å². The molecule has 2 aliphatic heterocycles. The van der Waals surface area contributed by atoms with Crippen LogP contribution in [0.15, 0.2) is 110 Å². The molecule has 2 aliphatic rings. The number of amides is 1. The highest BCUT2D eigenvalue weighted by atomic mass is 27.0. The van der Waals surface area contributed by atoms with Crippen molar-refractivity contribution in [3.05, 3.63) is 110 Å². The average molecular weight is 616 g/mol. The van der Waals surface area contributed by atoms with Crippen molar-refractivity contribution in [2.45, 2.75) is 0 Å². The third-order valence-electron chi connectivity index (χ3n) is 7.66. The maximum absolute atomic E-state index is 9.47. The van der Waals surface area contributed by atoms with E-state index >= 15 is 0 Å². The molecule has 0 unspecified atom stereocenters. The Hall–Kier alpha value is -6.02. The van der Waals surface area contributed by atoms with E-state index in [0.29, 0.717) is 45.9 Å². The first-order valence-electron chi connectivity index (χ1n) is 14.2. The normalized spacial score (nSPS) is 11.1. The second-order valence-electron chi connectivity index (χ2n) is 10.4. The number of primary amides is 1. The summed E-state index contributed by atoms with van der Waals surface area (Å²) in [6, 6.07) is 32.2. The van der Waals surface area contributed by atoms with E-state index in [9.17, 15) is 4.79 Å². The predicted molar refractivity (Wildman–Crippen MR) is 185 cm³/mol. The zero-order valence-electron chi connectivity index (χ0n) is 23.7. The number of nitrogens with two attached hydrogens (primary N) is 1. The molecule has 0 saturated heterocycles. The summed E-state index contributed by atoms with van der Waals surface area (Å²) in [6.07, 6.45) is 1.06. The first-order valence-corrected chi connectivity index (χ1v) is 14.2. The Morgan fingerprint density at radius 3 is 0.978 bits per heavy atom. The molecule has 10 nitrogen and oxygen atoms in total. The van der Waals surface area contributed by atoms with Crippen molar-refractivity contribution in [3.63, 3.8) is 0 Å². The zero-order valence-corrected chi connectivity index (χ0v) is 23.7. The van der Waals surface area contributed by atoms with Crippen molar-refractivity contribution >= 4 is 67.4 Å². The third-order valence-corrected chi connectivity index (χ3v) is 7.66. The lowest BCUT2D eigenvalue weighted by Crippen LogP contribution is -2.04. The first-order chi connectivity index (χ1) is 22.1. The maximum atomic E-state index is 9.47. The van der Waals surface area contributed by atoms with Crippen LogP contribution in [0.3, 0.4) is 0 Å². The molecule has 5 heterocycles. The van der Waals surface area contributed by atoms with E-state index < -0.39 is 5.91 Å². The van der Waals surface area contributed by atoms with E-state index in [1.807, 2.05) is 97.1 Å². The molecule has 9 rings (SSSR count). The largest absolute Gasteiger partial charge is 0.366 e. The minimum atomic E-state index is -0.481. The monoisotopic (exact) mass is 615 g/mol. The van der Waals surface area contributed by atoms with E-state index in [2.05, 4.69) is 22.3 Å². The lowest BCUT2D eigenvalue weighted by molar-refractivity contribution is -0.113. The van der Waals surface area contributed by atoms with Gasteiger partial charge in [0.1, 0.15) is 22.6 Å². The zero-order chi connectivity index (χ0) is 30.5. The Bertz CT molecular complexity index is 2200. The summed E-state index contributed by atoms with van der Waals surface area (Å²) in [5, 5.41) is 3.82. The van der Waals surface area contributed by atoms with Crippen LogP contribution in [-0.2, 0) is 4.79 Å². The number of aromatic amines is 2. The van der Waals surface area contributed by atoms with Crippen molar-refractivity contribution in [1.82, 2.24) is 39.9 Å². The molecule has 0 radical (unpaired) electrons. The number of H-pyrrole nitrogens is 2. The Labute approximate surface area is 272 Å². The Balaban J connectivity index is 0.000000526. The third kappa shape index (κ3) is 4.80. The van der Waals surface area contributed by atoms with Gasteiger partial charge in [-0.25, -0.2) is 29.9 Å². The number of hydrogen-bond acceptors (Lipinski definition) is 7. The molecule has 0 fully saturated rings. The van der Waals surface area contributed by atoms with Gasteiger partial charge in [-0.2, -0.15) is 0 Å². The first kappa shape index (κ1) is 28.7. The smallest absolute Gasteiger partial charge is 0.240 e. The summed E-state index contributed by atoms with van der Waals surface area (Å²) in [6.45, 7) is 3.09. The molecular formula is C35H26AlN9O. The summed E-state index contributed by atoms with van der Waals surface area (Å²) in [5.41, 5.74) is 11.0. The van der Waals surface area contributed by atoms with Crippen LogP contribution >= 0.6 is 0 Å². The maximum Gasteiger partial charge on any atom is 0.240 e. The van der Waals surface area contributed by atoms with Gasteiger partial charge in [-0.15, -0.1) is 0 Å². The van der Waals surface area contributed by atoms with Gasteiger partial charge in [0.25, 0.3) is 0 Å². The summed E-state index contributed by atoms with van der Waals surface area (Å²) >= 11 is 0. The lowest BCUT2D eigenvalue weighted by Gasteiger charge is -1.96. The number of aromatic nitrogens is 8. The summed E-state index contributed by atoms with van der Waals surface area (Å²) in [5.74, 6) is 1.91. The van der Waals surface area contributed by atoms with E-state index in [0.717, 1.165) is 49.9 Å². The van der Waals surface area contributed by atoms with Gasteiger partial charge in [-0.3, -0.25) is 4.79 Å². The van der Waals surface area contributed by atoms with Crippen molar-refractivity contribution in [3.8, 4) is 45.6 Å². The molecule has 3 aromatic heterocycles. The molecule has 1 amide bonds. The van der Waals surface area contributed by atoms with Crippen molar-refractivity contribution in [2.24, 2.45) is 5.73 Å². The molecule has 0 atom stereocenters. The lowest BCUT2D eigenvalue weighted by atomic mass is 10.1. The second kappa shape index (κ2) is 11.5.